The molecule has 1 amide bonds. The van der Waals surface area contributed by atoms with Gasteiger partial charge in [0.05, 0.1) is 5.38 Å². The fourth-order valence-electron chi connectivity index (χ4n) is 2.72. The van der Waals surface area contributed by atoms with Crippen LogP contribution >= 0.6 is 11.6 Å². The summed E-state index contributed by atoms with van der Waals surface area (Å²) in [7, 11) is 0. The summed E-state index contributed by atoms with van der Waals surface area (Å²) in [6.07, 6.45) is 3.90. The number of amides is 1. The maximum Gasteiger partial charge on any atom is 0.226 e. The molecule has 1 aromatic rings. The van der Waals surface area contributed by atoms with Crippen LogP contribution in [0.1, 0.15) is 55.5 Å². The number of benzene rings is 1. The summed E-state index contributed by atoms with van der Waals surface area (Å²) in [5.74, 6) is 0.139. The van der Waals surface area contributed by atoms with Crippen LogP contribution in [0.5, 0.6) is 0 Å². The Hall–Kier alpha value is -1.35. The Labute approximate surface area is 131 Å². The van der Waals surface area contributed by atoms with E-state index < -0.39 is 5.38 Å². The summed E-state index contributed by atoms with van der Waals surface area (Å²) < 4.78 is 0. The highest BCUT2D eigenvalue weighted by Crippen LogP contribution is 2.29. The molecule has 1 atom stereocenters. The van der Waals surface area contributed by atoms with E-state index in [-0.39, 0.29) is 11.7 Å². The van der Waals surface area contributed by atoms with Gasteiger partial charge in [-0.3, -0.25) is 9.59 Å². The molecule has 0 fully saturated rings. The van der Waals surface area contributed by atoms with E-state index in [1.165, 1.54) is 0 Å². The van der Waals surface area contributed by atoms with E-state index in [0.717, 1.165) is 37.1 Å². The van der Waals surface area contributed by atoms with Crippen molar-refractivity contribution in [3.8, 4) is 0 Å². The highest BCUT2D eigenvalue weighted by Gasteiger charge is 2.24. The number of anilines is 1. The third-order valence-corrected chi connectivity index (χ3v) is 4.40. The van der Waals surface area contributed by atoms with Crippen molar-refractivity contribution in [2.24, 2.45) is 0 Å². The molecule has 0 radical (unpaired) electrons. The van der Waals surface area contributed by atoms with Crippen molar-refractivity contribution in [3.63, 3.8) is 0 Å². The summed E-state index contributed by atoms with van der Waals surface area (Å²) in [6.45, 7) is 4.68. The summed E-state index contributed by atoms with van der Waals surface area (Å²) >= 11 is 6.04. The molecular weight excluding hydrogens is 286 g/mol. The fraction of sp³-hybridized carbons (Fsp3) is 0.529. The van der Waals surface area contributed by atoms with Crippen LogP contribution in [0, 0.1) is 0 Å². The highest BCUT2D eigenvalue weighted by molar-refractivity contribution is 6.33. The van der Waals surface area contributed by atoms with Crippen molar-refractivity contribution in [1.29, 1.82) is 0 Å². The Balaban J connectivity index is 2.28. The number of Topliss-reactive ketones (excluding diaryl/α,β-unsaturated/α-hetero) is 1. The number of rotatable bonds is 5. The van der Waals surface area contributed by atoms with Gasteiger partial charge in [-0.2, -0.15) is 0 Å². The van der Waals surface area contributed by atoms with E-state index in [2.05, 4.69) is 0 Å². The number of halogens is 1. The average Bonchev–Trinajstić information content (AvgIpc) is 2.52. The molecule has 1 unspecified atom stereocenters. The van der Waals surface area contributed by atoms with E-state index in [9.17, 15) is 9.59 Å². The number of fused-ring (bicyclic) bond motifs is 1. The van der Waals surface area contributed by atoms with Gasteiger partial charge < -0.3 is 4.90 Å². The third kappa shape index (κ3) is 3.46. The summed E-state index contributed by atoms with van der Waals surface area (Å²) in [5, 5.41) is -0.468. The van der Waals surface area contributed by atoms with Crippen LogP contribution in [0.15, 0.2) is 18.2 Å². The Morgan fingerprint density at radius 3 is 2.76 bits per heavy atom. The van der Waals surface area contributed by atoms with Crippen LogP contribution in [-0.4, -0.2) is 23.6 Å². The van der Waals surface area contributed by atoms with Crippen molar-refractivity contribution in [2.75, 3.05) is 11.4 Å². The molecule has 0 saturated carbocycles. The van der Waals surface area contributed by atoms with Crippen LogP contribution in [-0.2, 0) is 11.2 Å². The number of hydrogen-bond donors (Lipinski definition) is 0. The largest absolute Gasteiger partial charge is 0.312 e. The Kier molecular flexibility index (Phi) is 5.40. The molecule has 1 aromatic carbocycles. The second kappa shape index (κ2) is 7.08. The van der Waals surface area contributed by atoms with Crippen LogP contribution in [0.2, 0.25) is 0 Å². The second-order valence-corrected chi connectivity index (χ2v) is 6.01. The molecule has 114 valence electrons. The number of alkyl halides is 1. The molecule has 4 heteroatoms. The van der Waals surface area contributed by atoms with Crippen LogP contribution in [0.25, 0.3) is 0 Å². The maximum atomic E-state index is 12.2. The number of hydrogen-bond acceptors (Lipinski definition) is 2. The van der Waals surface area contributed by atoms with Crippen molar-refractivity contribution < 1.29 is 9.59 Å². The molecule has 1 aliphatic heterocycles. The zero-order valence-corrected chi connectivity index (χ0v) is 13.4. The first kappa shape index (κ1) is 16.0. The van der Waals surface area contributed by atoms with Crippen LogP contribution < -0.4 is 4.90 Å². The van der Waals surface area contributed by atoms with Gasteiger partial charge in [0.2, 0.25) is 5.91 Å². The van der Waals surface area contributed by atoms with Crippen LogP contribution in [0.4, 0.5) is 5.69 Å². The number of nitrogens with zero attached hydrogens (tertiary/aromatic N) is 1. The molecule has 0 N–H and O–H groups in total. The predicted octanol–water partition coefficient (Wildman–Crippen LogP) is 3.97. The number of carbonyl (C=O) groups excluding carboxylic acids is 2. The lowest BCUT2D eigenvalue weighted by atomic mass is 9.96. The first-order valence-electron chi connectivity index (χ1n) is 7.70. The zero-order chi connectivity index (χ0) is 15.4. The van der Waals surface area contributed by atoms with Crippen molar-refractivity contribution in [1.82, 2.24) is 0 Å². The molecule has 1 aliphatic rings. The van der Waals surface area contributed by atoms with Gasteiger partial charge in [0.25, 0.3) is 0 Å². The van der Waals surface area contributed by atoms with Gasteiger partial charge in [-0.1, -0.05) is 13.8 Å². The van der Waals surface area contributed by atoms with E-state index in [0.29, 0.717) is 18.4 Å². The number of carbonyl (C=O) groups is 2. The zero-order valence-electron chi connectivity index (χ0n) is 12.7. The van der Waals surface area contributed by atoms with E-state index in [1.807, 2.05) is 30.9 Å². The molecule has 0 aromatic heterocycles. The minimum absolute atomic E-state index is 0.0287. The van der Waals surface area contributed by atoms with E-state index in [1.54, 1.807) is 6.07 Å². The molecule has 0 aliphatic carbocycles. The van der Waals surface area contributed by atoms with Gasteiger partial charge in [-0.25, -0.2) is 0 Å². The van der Waals surface area contributed by atoms with Crippen molar-refractivity contribution >= 4 is 29.0 Å². The Morgan fingerprint density at radius 1 is 1.33 bits per heavy atom. The highest BCUT2D eigenvalue weighted by atomic mass is 35.5. The molecular formula is C17H22ClNO2. The molecule has 21 heavy (non-hydrogen) atoms. The van der Waals surface area contributed by atoms with Gasteiger partial charge >= 0.3 is 0 Å². The van der Waals surface area contributed by atoms with Gasteiger partial charge in [0.15, 0.2) is 5.78 Å². The van der Waals surface area contributed by atoms with Gasteiger partial charge in [0.1, 0.15) is 0 Å². The number of aryl methyl sites for hydroxylation is 1. The SMILES string of the molecule is CCCC(=O)N1CCCc2cc(C(=O)C(Cl)CC)ccc21. The van der Waals surface area contributed by atoms with Crippen molar-refractivity contribution in [2.45, 2.75) is 51.3 Å². The van der Waals surface area contributed by atoms with Crippen molar-refractivity contribution in [3.05, 3.63) is 29.3 Å². The molecule has 2 rings (SSSR count). The van der Waals surface area contributed by atoms with Gasteiger partial charge in [-0.15, -0.1) is 11.6 Å². The predicted molar refractivity (Wildman–Crippen MR) is 86.3 cm³/mol. The minimum atomic E-state index is -0.468. The standard InChI is InChI=1S/C17H22ClNO2/c1-3-6-16(20)19-10-5-7-12-11-13(8-9-15(12)19)17(21)14(18)4-2/h8-9,11,14H,3-7,10H2,1-2H3. The summed E-state index contributed by atoms with van der Waals surface area (Å²) in [6, 6.07) is 5.60. The first-order valence-corrected chi connectivity index (χ1v) is 8.13. The summed E-state index contributed by atoms with van der Waals surface area (Å²) in [4.78, 5) is 26.2. The smallest absolute Gasteiger partial charge is 0.226 e. The monoisotopic (exact) mass is 307 g/mol. The quantitative estimate of drug-likeness (QED) is 0.610. The van der Waals surface area contributed by atoms with E-state index in [4.69, 9.17) is 11.6 Å². The Bertz CT molecular complexity index is 542. The van der Waals surface area contributed by atoms with Crippen LogP contribution in [0.3, 0.4) is 0 Å². The fourth-order valence-corrected chi connectivity index (χ4v) is 2.85. The summed E-state index contributed by atoms with van der Waals surface area (Å²) in [5.41, 5.74) is 2.69. The normalized spacial score (nSPS) is 15.5. The second-order valence-electron chi connectivity index (χ2n) is 5.48. The molecule has 0 bridgehead atoms. The third-order valence-electron chi connectivity index (χ3n) is 3.89. The topological polar surface area (TPSA) is 37.4 Å². The van der Waals surface area contributed by atoms with Gasteiger partial charge in [-0.05, 0) is 49.4 Å². The lowest BCUT2D eigenvalue weighted by molar-refractivity contribution is -0.118. The maximum absolute atomic E-state index is 12.2. The first-order chi connectivity index (χ1) is 10.1. The molecule has 1 heterocycles. The number of ketones is 1. The van der Waals surface area contributed by atoms with E-state index >= 15 is 0 Å². The Morgan fingerprint density at radius 2 is 2.10 bits per heavy atom. The lowest BCUT2D eigenvalue weighted by Crippen LogP contribution is -2.35. The minimum Gasteiger partial charge on any atom is -0.312 e. The average molecular weight is 308 g/mol. The molecule has 0 saturated heterocycles. The lowest BCUT2D eigenvalue weighted by Gasteiger charge is -2.30. The van der Waals surface area contributed by atoms with Gasteiger partial charge in [0, 0.05) is 24.2 Å². The molecule has 3 nitrogen and oxygen atoms in total. The molecule has 0 spiro atoms.